The Bertz CT molecular complexity index is 2860. The second kappa shape index (κ2) is 12.5. The minimum Gasteiger partial charge on any atom is -0.455 e. The van der Waals surface area contributed by atoms with E-state index >= 15 is 0 Å². The van der Waals surface area contributed by atoms with Crippen molar-refractivity contribution in [3.8, 4) is 33.4 Å². The quantitative estimate of drug-likeness (QED) is 0.167. The van der Waals surface area contributed by atoms with Crippen LogP contribution in [0.3, 0.4) is 0 Å². The minimum absolute atomic E-state index is 1.03. The molecule has 7 aromatic carbocycles. The van der Waals surface area contributed by atoms with Gasteiger partial charge in [0.15, 0.2) is 0 Å². The summed E-state index contributed by atoms with van der Waals surface area (Å²) in [5.74, 6) is 0. The van der Waals surface area contributed by atoms with Gasteiger partial charge in [-0.15, -0.1) is 0 Å². The molecule has 0 saturated carbocycles. The molecule has 0 amide bonds. The lowest BCUT2D eigenvalue weighted by Crippen LogP contribution is -2.05. The van der Waals surface area contributed by atoms with E-state index in [1.807, 2.05) is 0 Å². The fraction of sp³-hybridized carbons (Fsp3) is 0.283. The standard InChI is InChI=1S/C53H54O/c1-25-27(3)33(9)46-44(31(25)7)50(42-23-19-22-41(24-42)40-20-17-16-18-21-40)45-32(8)26(2)28(4)34(10)47(45)51(46)43-36(12)38(14)53-49(39(43)15)48-35(11)29(5)30(6)37(13)52(48)54-53/h16-24H,1-15H3. The third-order valence-corrected chi connectivity index (χ3v) is 14.2. The SMILES string of the molecule is Cc1c(C)c(C)c2c(oc3c(C)c(C)c(-c4c5c(C)c(C)c(C)c(C)c5c(-c5cccc(-c6ccccc6)c5)c5c(C)c(C)c(C)c(C)c45)c(C)c32)c1C. The van der Waals surface area contributed by atoms with E-state index < -0.39 is 0 Å². The molecule has 0 spiro atoms. The first-order chi connectivity index (χ1) is 25.6. The maximum Gasteiger partial charge on any atom is 0.138 e. The Kier molecular flexibility index (Phi) is 8.27. The summed E-state index contributed by atoms with van der Waals surface area (Å²) in [4.78, 5) is 0. The smallest absolute Gasteiger partial charge is 0.138 e. The molecule has 8 rings (SSSR count). The van der Waals surface area contributed by atoms with E-state index in [1.54, 1.807) is 0 Å². The molecular weight excluding hydrogens is 653 g/mol. The molecule has 272 valence electrons. The van der Waals surface area contributed by atoms with E-state index in [4.69, 9.17) is 4.42 Å². The van der Waals surface area contributed by atoms with Crippen molar-refractivity contribution in [3.63, 3.8) is 0 Å². The maximum absolute atomic E-state index is 6.94. The van der Waals surface area contributed by atoms with Gasteiger partial charge in [0.05, 0.1) is 0 Å². The molecule has 1 aromatic heterocycles. The maximum atomic E-state index is 6.94. The molecule has 1 heteroatoms. The van der Waals surface area contributed by atoms with E-state index in [0.29, 0.717) is 0 Å². The molecule has 1 nitrogen and oxygen atoms in total. The summed E-state index contributed by atoms with van der Waals surface area (Å²) in [5, 5.41) is 8.06. The van der Waals surface area contributed by atoms with Crippen molar-refractivity contribution >= 4 is 43.5 Å². The van der Waals surface area contributed by atoms with Gasteiger partial charge in [0.1, 0.15) is 11.2 Å². The van der Waals surface area contributed by atoms with Gasteiger partial charge in [0.25, 0.3) is 0 Å². The molecule has 0 aliphatic heterocycles. The van der Waals surface area contributed by atoms with Gasteiger partial charge in [-0.1, -0.05) is 48.5 Å². The van der Waals surface area contributed by atoms with Crippen molar-refractivity contribution in [1.29, 1.82) is 0 Å². The van der Waals surface area contributed by atoms with E-state index in [2.05, 4.69) is 158 Å². The number of furan rings is 1. The minimum atomic E-state index is 1.03. The molecule has 0 unspecified atom stereocenters. The van der Waals surface area contributed by atoms with Crippen LogP contribution in [0.5, 0.6) is 0 Å². The van der Waals surface area contributed by atoms with E-state index in [0.717, 1.165) is 11.2 Å². The summed E-state index contributed by atoms with van der Waals surface area (Å²) in [6.45, 7) is 34.8. The first kappa shape index (κ1) is 35.9. The number of hydrogen-bond donors (Lipinski definition) is 0. The number of benzene rings is 7. The fourth-order valence-electron chi connectivity index (χ4n) is 9.88. The van der Waals surface area contributed by atoms with Crippen molar-refractivity contribution in [3.05, 3.63) is 138 Å². The van der Waals surface area contributed by atoms with Crippen molar-refractivity contribution in [2.75, 3.05) is 0 Å². The van der Waals surface area contributed by atoms with Crippen LogP contribution < -0.4 is 0 Å². The Morgan fingerprint density at radius 1 is 0.259 bits per heavy atom. The first-order valence-electron chi connectivity index (χ1n) is 19.6. The van der Waals surface area contributed by atoms with Gasteiger partial charge in [0, 0.05) is 10.8 Å². The summed E-state index contributed by atoms with van der Waals surface area (Å²) >= 11 is 0. The Morgan fingerprint density at radius 2 is 0.630 bits per heavy atom. The van der Waals surface area contributed by atoms with Gasteiger partial charge in [0.2, 0.25) is 0 Å². The van der Waals surface area contributed by atoms with Crippen molar-refractivity contribution in [2.45, 2.75) is 104 Å². The van der Waals surface area contributed by atoms with Gasteiger partial charge >= 0.3 is 0 Å². The number of hydrogen-bond acceptors (Lipinski definition) is 1. The van der Waals surface area contributed by atoms with Crippen LogP contribution in [0.2, 0.25) is 0 Å². The predicted molar refractivity (Wildman–Crippen MR) is 236 cm³/mol. The number of fused-ring (bicyclic) bond motifs is 5. The van der Waals surface area contributed by atoms with Gasteiger partial charge in [-0.2, -0.15) is 0 Å². The highest BCUT2D eigenvalue weighted by Crippen LogP contribution is 2.54. The summed E-state index contributed by atoms with van der Waals surface area (Å²) < 4.78 is 6.94. The third-order valence-electron chi connectivity index (χ3n) is 14.2. The van der Waals surface area contributed by atoms with Crippen LogP contribution in [0.4, 0.5) is 0 Å². The predicted octanol–water partition coefficient (Wildman–Crippen LogP) is 15.5. The zero-order valence-electron chi connectivity index (χ0n) is 35.1. The average Bonchev–Trinajstić information content (AvgIpc) is 3.59. The van der Waals surface area contributed by atoms with Gasteiger partial charge in [-0.05, 0) is 248 Å². The lowest BCUT2D eigenvalue weighted by Gasteiger charge is -2.28. The Labute approximate surface area is 322 Å². The van der Waals surface area contributed by atoms with Crippen LogP contribution in [0, 0.1) is 104 Å². The molecule has 8 aromatic rings. The lowest BCUT2D eigenvalue weighted by atomic mass is 9.75. The van der Waals surface area contributed by atoms with Crippen molar-refractivity contribution in [1.82, 2.24) is 0 Å². The molecule has 0 aliphatic rings. The second-order valence-electron chi connectivity index (χ2n) is 16.5. The van der Waals surface area contributed by atoms with Gasteiger partial charge < -0.3 is 4.42 Å². The molecule has 0 radical (unpaired) electrons. The Morgan fingerprint density at radius 3 is 1.13 bits per heavy atom. The largest absolute Gasteiger partial charge is 0.455 e. The molecule has 1 heterocycles. The molecule has 0 N–H and O–H groups in total. The van der Waals surface area contributed by atoms with Gasteiger partial charge in [-0.25, -0.2) is 0 Å². The number of rotatable bonds is 3. The number of aryl methyl sites for hydroxylation is 8. The van der Waals surface area contributed by atoms with Crippen LogP contribution in [0.1, 0.15) is 83.5 Å². The van der Waals surface area contributed by atoms with Crippen LogP contribution >= 0.6 is 0 Å². The van der Waals surface area contributed by atoms with Crippen molar-refractivity contribution in [2.24, 2.45) is 0 Å². The zero-order chi connectivity index (χ0) is 38.8. The molecule has 0 atom stereocenters. The third kappa shape index (κ3) is 4.70. The molecule has 0 bridgehead atoms. The lowest BCUT2D eigenvalue weighted by molar-refractivity contribution is 0.661. The highest BCUT2D eigenvalue weighted by Gasteiger charge is 2.30. The van der Waals surface area contributed by atoms with Crippen LogP contribution in [-0.2, 0) is 0 Å². The topological polar surface area (TPSA) is 13.1 Å². The summed E-state index contributed by atoms with van der Waals surface area (Å²) in [7, 11) is 0. The average molecular weight is 707 g/mol. The first-order valence-corrected chi connectivity index (χ1v) is 19.6. The molecule has 0 aliphatic carbocycles. The Balaban J connectivity index is 1.68. The highest BCUT2D eigenvalue weighted by molar-refractivity contribution is 6.27. The molecule has 0 saturated heterocycles. The van der Waals surface area contributed by atoms with Crippen molar-refractivity contribution < 1.29 is 4.42 Å². The molecule has 54 heavy (non-hydrogen) atoms. The van der Waals surface area contributed by atoms with Crippen LogP contribution in [-0.4, -0.2) is 0 Å². The fourth-order valence-corrected chi connectivity index (χ4v) is 9.88. The normalized spacial score (nSPS) is 12.0. The second-order valence-corrected chi connectivity index (χ2v) is 16.5. The molecular formula is C53H54O. The monoisotopic (exact) mass is 706 g/mol. The summed E-state index contributed by atoms with van der Waals surface area (Å²) in [6, 6.07) is 20.1. The van der Waals surface area contributed by atoms with Crippen LogP contribution in [0.15, 0.2) is 59.0 Å². The molecule has 0 fully saturated rings. The highest BCUT2D eigenvalue weighted by atomic mass is 16.3. The van der Waals surface area contributed by atoms with E-state index in [-0.39, 0.29) is 0 Å². The zero-order valence-corrected chi connectivity index (χ0v) is 35.1. The van der Waals surface area contributed by atoms with Gasteiger partial charge in [-0.3, -0.25) is 0 Å². The summed E-state index contributed by atoms with van der Waals surface area (Å²) in [6.07, 6.45) is 0. The Hall–Kier alpha value is -5.14. The van der Waals surface area contributed by atoms with E-state index in [9.17, 15) is 0 Å². The summed E-state index contributed by atoms with van der Waals surface area (Å²) in [5.41, 5.74) is 30.0. The van der Waals surface area contributed by atoms with E-state index in [1.165, 1.54) is 149 Å². The van der Waals surface area contributed by atoms with Crippen LogP contribution in [0.25, 0.3) is 76.9 Å².